The van der Waals surface area contributed by atoms with Crippen LogP contribution in [0.3, 0.4) is 0 Å². The molecule has 1 atom stereocenters. The van der Waals surface area contributed by atoms with E-state index in [1.807, 2.05) is 0 Å². The van der Waals surface area contributed by atoms with Gasteiger partial charge in [-0.25, -0.2) is 8.42 Å². The summed E-state index contributed by atoms with van der Waals surface area (Å²) in [5.74, 6) is 0. The van der Waals surface area contributed by atoms with E-state index < -0.39 is 10.0 Å². The van der Waals surface area contributed by atoms with Gasteiger partial charge in [0.2, 0.25) is 10.0 Å². The van der Waals surface area contributed by atoms with Gasteiger partial charge in [0, 0.05) is 23.3 Å². The van der Waals surface area contributed by atoms with Gasteiger partial charge in [-0.05, 0) is 37.5 Å². The molecule has 2 rings (SSSR count). The van der Waals surface area contributed by atoms with Gasteiger partial charge in [0.25, 0.3) is 0 Å². The van der Waals surface area contributed by atoms with Crippen LogP contribution < -0.4 is 5.73 Å². The molecule has 0 spiro atoms. The Morgan fingerprint density at radius 2 is 2.21 bits per heavy atom. The van der Waals surface area contributed by atoms with E-state index in [0.29, 0.717) is 29.2 Å². The molecule has 1 fully saturated rings. The van der Waals surface area contributed by atoms with Gasteiger partial charge in [-0.1, -0.05) is 11.6 Å². The Morgan fingerprint density at radius 1 is 1.53 bits per heavy atom. The zero-order chi connectivity index (χ0) is 14.2. The highest BCUT2D eigenvalue weighted by molar-refractivity contribution is 7.89. The first-order valence-corrected chi connectivity index (χ1v) is 7.88. The zero-order valence-electron chi connectivity index (χ0n) is 10.6. The van der Waals surface area contributed by atoms with Gasteiger partial charge in [0.15, 0.2) is 0 Å². The number of aliphatic hydroxyl groups is 1. The minimum absolute atomic E-state index is 0.0842. The van der Waals surface area contributed by atoms with Gasteiger partial charge in [-0.15, -0.1) is 0 Å². The largest absolute Gasteiger partial charge is 0.398 e. The third kappa shape index (κ3) is 2.58. The fraction of sp³-hybridized carbons (Fsp3) is 0.500. The van der Waals surface area contributed by atoms with Gasteiger partial charge in [0.1, 0.15) is 0 Å². The van der Waals surface area contributed by atoms with Crippen LogP contribution in [0.4, 0.5) is 5.69 Å². The van der Waals surface area contributed by atoms with Gasteiger partial charge >= 0.3 is 0 Å². The molecule has 0 saturated carbocycles. The van der Waals surface area contributed by atoms with Crippen molar-refractivity contribution in [3.8, 4) is 0 Å². The molecule has 7 heteroatoms. The molecular weight excluding hydrogens is 288 g/mol. The summed E-state index contributed by atoms with van der Waals surface area (Å²) >= 11 is 5.99. The van der Waals surface area contributed by atoms with Crippen molar-refractivity contribution < 1.29 is 13.5 Å². The van der Waals surface area contributed by atoms with Crippen LogP contribution in [-0.2, 0) is 10.0 Å². The number of nitrogens with zero attached hydrogens (tertiary/aromatic N) is 1. The maximum absolute atomic E-state index is 12.5. The Hall–Kier alpha value is -0.820. The van der Waals surface area contributed by atoms with Crippen molar-refractivity contribution in [2.75, 3.05) is 18.9 Å². The van der Waals surface area contributed by atoms with Crippen LogP contribution >= 0.6 is 11.6 Å². The van der Waals surface area contributed by atoms with Gasteiger partial charge in [0.05, 0.1) is 11.5 Å². The summed E-state index contributed by atoms with van der Waals surface area (Å²) in [6, 6.07) is 2.48. The van der Waals surface area contributed by atoms with Crippen LogP contribution in [0.1, 0.15) is 18.4 Å². The molecular formula is C12H17ClN2O3S. The summed E-state index contributed by atoms with van der Waals surface area (Å²) in [6.45, 7) is 1.98. The minimum atomic E-state index is -3.65. The van der Waals surface area contributed by atoms with E-state index in [1.54, 1.807) is 6.92 Å². The molecule has 0 aromatic heterocycles. The molecule has 0 radical (unpaired) electrons. The lowest BCUT2D eigenvalue weighted by Gasteiger charge is -2.23. The lowest BCUT2D eigenvalue weighted by molar-refractivity contribution is 0.213. The average Bonchev–Trinajstić information content (AvgIpc) is 2.84. The first-order chi connectivity index (χ1) is 8.87. The molecule has 1 aromatic carbocycles. The number of halogens is 1. The molecule has 0 unspecified atom stereocenters. The number of nitrogen functional groups attached to an aromatic ring is 1. The average molecular weight is 305 g/mol. The molecule has 3 N–H and O–H groups in total. The first kappa shape index (κ1) is 14.6. The summed E-state index contributed by atoms with van der Waals surface area (Å²) in [7, 11) is -3.65. The zero-order valence-corrected chi connectivity index (χ0v) is 12.2. The van der Waals surface area contributed by atoms with Gasteiger partial charge in [-0.2, -0.15) is 4.31 Å². The van der Waals surface area contributed by atoms with Gasteiger partial charge < -0.3 is 10.8 Å². The van der Waals surface area contributed by atoms with Crippen molar-refractivity contribution >= 4 is 27.3 Å². The smallest absolute Gasteiger partial charge is 0.243 e. The number of nitrogens with two attached hydrogens (primary N) is 1. The quantitative estimate of drug-likeness (QED) is 0.826. The van der Waals surface area contributed by atoms with Gasteiger partial charge in [-0.3, -0.25) is 0 Å². The molecule has 106 valence electrons. The normalized spacial score (nSPS) is 20.9. The van der Waals surface area contributed by atoms with E-state index in [9.17, 15) is 13.5 Å². The lowest BCUT2D eigenvalue weighted by Crippen LogP contribution is -2.37. The minimum Gasteiger partial charge on any atom is -0.398 e. The fourth-order valence-electron chi connectivity index (χ4n) is 2.27. The molecule has 19 heavy (non-hydrogen) atoms. The molecule has 1 aliphatic rings. The molecule has 1 aromatic rings. The topological polar surface area (TPSA) is 83.6 Å². The highest BCUT2D eigenvalue weighted by Gasteiger charge is 2.35. The maximum atomic E-state index is 12.5. The van der Waals surface area contributed by atoms with E-state index in [0.717, 1.165) is 6.42 Å². The second kappa shape index (κ2) is 5.28. The van der Waals surface area contributed by atoms with Crippen LogP contribution in [0.25, 0.3) is 0 Å². The number of sulfonamides is 1. The van der Waals surface area contributed by atoms with Crippen LogP contribution in [0.2, 0.25) is 5.02 Å². The molecule has 0 aliphatic carbocycles. The molecule has 0 amide bonds. The SMILES string of the molecule is Cc1c(N)cc(S(=O)(=O)N2CCC[C@@H]2CO)cc1Cl. The third-order valence-corrected chi connectivity index (χ3v) is 5.82. The van der Waals surface area contributed by atoms with Crippen molar-refractivity contribution in [3.05, 3.63) is 22.7 Å². The van der Waals surface area contributed by atoms with E-state index in [2.05, 4.69) is 0 Å². The second-order valence-corrected chi connectivity index (χ2v) is 7.01. The Bertz CT molecular complexity index is 566. The number of aliphatic hydroxyl groups excluding tert-OH is 1. The van der Waals surface area contributed by atoms with Crippen molar-refractivity contribution in [1.29, 1.82) is 0 Å². The summed E-state index contributed by atoms with van der Waals surface area (Å²) in [5, 5.41) is 9.57. The van der Waals surface area contributed by atoms with Crippen molar-refractivity contribution in [2.45, 2.75) is 30.7 Å². The third-order valence-electron chi connectivity index (χ3n) is 3.50. The molecule has 1 heterocycles. The van der Waals surface area contributed by atoms with Crippen molar-refractivity contribution in [2.24, 2.45) is 0 Å². The molecule has 1 saturated heterocycles. The monoisotopic (exact) mass is 304 g/mol. The molecule has 5 nitrogen and oxygen atoms in total. The van der Waals surface area contributed by atoms with Crippen molar-refractivity contribution in [1.82, 2.24) is 4.31 Å². The highest BCUT2D eigenvalue weighted by Crippen LogP contribution is 2.31. The number of rotatable bonds is 3. The molecule has 0 bridgehead atoms. The van der Waals surface area contributed by atoms with E-state index in [1.165, 1.54) is 16.4 Å². The Morgan fingerprint density at radius 3 is 2.79 bits per heavy atom. The summed E-state index contributed by atoms with van der Waals surface area (Å²) in [6.07, 6.45) is 1.42. The summed E-state index contributed by atoms with van der Waals surface area (Å²) in [4.78, 5) is 0.0842. The Balaban J connectivity index is 2.45. The predicted octanol–water partition coefficient (Wildman–Crippen LogP) is 1.38. The van der Waals surface area contributed by atoms with Crippen molar-refractivity contribution in [3.63, 3.8) is 0 Å². The predicted molar refractivity (Wildman–Crippen MR) is 74.6 cm³/mol. The Kier molecular flexibility index (Phi) is 4.06. The summed E-state index contributed by atoms with van der Waals surface area (Å²) in [5.41, 5.74) is 6.79. The standard InChI is InChI=1S/C12H17ClN2O3S/c1-8-11(13)5-10(6-12(8)14)19(17,18)15-4-2-3-9(15)7-16/h5-6,9,16H,2-4,7,14H2,1H3/t9-/m1/s1. The van der Waals surface area contributed by atoms with E-state index in [-0.39, 0.29) is 17.5 Å². The summed E-state index contributed by atoms with van der Waals surface area (Å²) < 4.78 is 26.4. The van der Waals surface area contributed by atoms with Crippen LogP contribution in [0.15, 0.2) is 17.0 Å². The number of benzene rings is 1. The fourth-order valence-corrected chi connectivity index (χ4v) is 4.31. The number of anilines is 1. The second-order valence-electron chi connectivity index (χ2n) is 4.71. The Labute approximate surface area is 118 Å². The van der Waals surface area contributed by atoms with Crippen LogP contribution in [0, 0.1) is 6.92 Å². The maximum Gasteiger partial charge on any atom is 0.243 e. The van der Waals surface area contributed by atoms with Crippen LogP contribution in [-0.4, -0.2) is 37.0 Å². The lowest BCUT2D eigenvalue weighted by atomic mass is 10.2. The van der Waals surface area contributed by atoms with Crippen LogP contribution in [0.5, 0.6) is 0 Å². The van der Waals surface area contributed by atoms with E-state index >= 15 is 0 Å². The molecule has 1 aliphatic heterocycles. The first-order valence-electron chi connectivity index (χ1n) is 6.06. The number of hydrogen-bond donors (Lipinski definition) is 2. The number of hydrogen-bond acceptors (Lipinski definition) is 4. The highest BCUT2D eigenvalue weighted by atomic mass is 35.5. The van der Waals surface area contributed by atoms with E-state index in [4.69, 9.17) is 17.3 Å².